The lowest BCUT2D eigenvalue weighted by Gasteiger charge is -2.14. The minimum absolute atomic E-state index is 0.0500. The number of nitrogens with one attached hydrogen (secondary N) is 1. The zero-order valence-electron chi connectivity index (χ0n) is 12.0. The van der Waals surface area contributed by atoms with E-state index < -0.39 is 17.6 Å². The van der Waals surface area contributed by atoms with Gasteiger partial charge in [-0.05, 0) is 30.3 Å². The number of amides is 1. The molecule has 0 saturated heterocycles. The van der Waals surface area contributed by atoms with Crippen LogP contribution in [0.3, 0.4) is 0 Å². The topological polar surface area (TPSA) is 72.7 Å². The second kappa shape index (κ2) is 6.11. The predicted octanol–water partition coefficient (Wildman–Crippen LogP) is 2.93. The molecule has 1 aromatic carbocycles. The number of benzene rings is 1. The van der Waals surface area contributed by atoms with Gasteiger partial charge in [0.2, 0.25) is 0 Å². The lowest BCUT2D eigenvalue weighted by atomic mass is 10.1. The fourth-order valence-corrected chi connectivity index (χ4v) is 2.03. The molecular weight excluding hydrogens is 323 g/mol. The Hall–Kier alpha value is -3.23. The molecular formula is C15H10F3N5O. The first kappa shape index (κ1) is 15.7. The number of pyridine rings is 1. The summed E-state index contributed by atoms with van der Waals surface area (Å²) in [5, 5.41) is 6.31. The van der Waals surface area contributed by atoms with E-state index in [4.69, 9.17) is 0 Å². The van der Waals surface area contributed by atoms with Gasteiger partial charge >= 0.3 is 6.18 Å². The summed E-state index contributed by atoms with van der Waals surface area (Å²) in [5.74, 6) is -0.628. The van der Waals surface area contributed by atoms with Gasteiger partial charge in [0, 0.05) is 6.20 Å². The molecule has 0 aliphatic heterocycles. The van der Waals surface area contributed by atoms with Gasteiger partial charge in [-0.3, -0.25) is 9.78 Å². The van der Waals surface area contributed by atoms with Crippen LogP contribution in [0, 0.1) is 0 Å². The molecule has 0 bridgehead atoms. The van der Waals surface area contributed by atoms with Crippen LogP contribution in [0.4, 0.5) is 18.9 Å². The number of hydrogen-bond donors (Lipinski definition) is 1. The maximum atomic E-state index is 12.9. The molecule has 1 amide bonds. The van der Waals surface area contributed by atoms with Gasteiger partial charge in [0.15, 0.2) is 0 Å². The Morgan fingerprint density at radius 1 is 1.17 bits per heavy atom. The van der Waals surface area contributed by atoms with Crippen molar-refractivity contribution >= 4 is 11.6 Å². The van der Waals surface area contributed by atoms with E-state index in [0.717, 1.165) is 12.1 Å². The Morgan fingerprint density at radius 3 is 2.62 bits per heavy atom. The lowest BCUT2D eigenvalue weighted by Crippen LogP contribution is -2.16. The normalized spacial score (nSPS) is 11.3. The summed E-state index contributed by atoms with van der Waals surface area (Å²) in [6.07, 6.45) is -0.564. The quantitative estimate of drug-likeness (QED) is 0.800. The standard InChI is InChI=1S/C15H10F3N5O/c16-15(17,18)10-4-5-13(23-9-19-8-21-23)12(7-10)22-14(24)11-3-1-2-6-20-11/h1-9H,(H,22,24). The molecule has 3 rings (SSSR count). The highest BCUT2D eigenvalue weighted by molar-refractivity contribution is 6.04. The summed E-state index contributed by atoms with van der Waals surface area (Å²) >= 11 is 0. The number of rotatable bonds is 3. The first-order valence-corrected chi connectivity index (χ1v) is 6.74. The van der Waals surface area contributed by atoms with Gasteiger partial charge in [-0.1, -0.05) is 6.07 Å². The van der Waals surface area contributed by atoms with Crippen molar-refractivity contribution in [1.29, 1.82) is 0 Å². The van der Waals surface area contributed by atoms with Gasteiger partial charge in [0.1, 0.15) is 18.3 Å². The molecule has 122 valence electrons. The zero-order chi connectivity index (χ0) is 17.2. The van der Waals surface area contributed by atoms with Gasteiger partial charge in [0.05, 0.1) is 16.9 Å². The lowest BCUT2D eigenvalue weighted by molar-refractivity contribution is -0.137. The Kier molecular flexibility index (Phi) is 3.98. The highest BCUT2D eigenvalue weighted by Gasteiger charge is 2.31. The second-order valence-electron chi connectivity index (χ2n) is 4.74. The predicted molar refractivity (Wildman–Crippen MR) is 78.6 cm³/mol. The molecule has 3 aromatic rings. The Bertz CT molecular complexity index is 847. The van der Waals surface area contributed by atoms with Crippen molar-refractivity contribution in [2.75, 3.05) is 5.32 Å². The first-order chi connectivity index (χ1) is 11.4. The minimum atomic E-state index is -4.54. The third kappa shape index (κ3) is 3.24. The average Bonchev–Trinajstić information content (AvgIpc) is 3.09. The molecule has 0 fully saturated rings. The third-order valence-electron chi connectivity index (χ3n) is 3.14. The number of alkyl halides is 3. The second-order valence-corrected chi connectivity index (χ2v) is 4.74. The van der Waals surface area contributed by atoms with E-state index in [1.54, 1.807) is 12.1 Å². The number of anilines is 1. The molecule has 0 radical (unpaired) electrons. The molecule has 9 heteroatoms. The first-order valence-electron chi connectivity index (χ1n) is 6.74. The number of nitrogens with zero attached hydrogens (tertiary/aromatic N) is 4. The number of hydrogen-bond acceptors (Lipinski definition) is 4. The molecule has 24 heavy (non-hydrogen) atoms. The van der Waals surface area contributed by atoms with Gasteiger partial charge in [-0.2, -0.15) is 18.3 Å². The van der Waals surface area contributed by atoms with Crippen molar-refractivity contribution < 1.29 is 18.0 Å². The summed E-state index contributed by atoms with van der Waals surface area (Å²) in [5.41, 5.74) is -0.599. The molecule has 0 aliphatic rings. The molecule has 0 spiro atoms. The average molecular weight is 333 g/mol. The van der Waals surface area contributed by atoms with E-state index in [2.05, 4.69) is 20.4 Å². The van der Waals surface area contributed by atoms with Crippen LogP contribution >= 0.6 is 0 Å². The zero-order valence-corrected chi connectivity index (χ0v) is 12.0. The van der Waals surface area contributed by atoms with Crippen molar-refractivity contribution in [1.82, 2.24) is 19.7 Å². The summed E-state index contributed by atoms with van der Waals surface area (Å²) in [7, 11) is 0. The van der Waals surface area contributed by atoms with Crippen LogP contribution in [-0.4, -0.2) is 25.7 Å². The molecule has 6 nitrogen and oxygen atoms in total. The molecule has 0 saturated carbocycles. The summed E-state index contributed by atoms with van der Waals surface area (Å²) < 4.78 is 40.1. The number of aromatic nitrogens is 4. The van der Waals surface area contributed by atoms with Gasteiger partial charge in [0.25, 0.3) is 5.91 Å². The summed E-state index contributed by atoms with van der Waals surface area (Å²) in [6, 6.07) is 7.66. The van der Waals surface area contributed by atoms with Crippen LogP contribution in [0.1, 0.15) is 16.1 Å². The molecule has 2 heterocycles. The van der Waals surface area contributed by atoms with Crippen molar-refractivity contribution in [3.05, 3.63) is 66.5 Å². The Balaban J connectivity index is 2.01. The van der Waals surface area contributed by atoms with Gasteiger partial charge in [-0.15, -0.1) is 0 Å². The van der Waals surface area contributed by atoms with Crippen molar-refractivity contribution in [3.8, 4) is 5.69 Å². The van der Waals surface area contributed by atoms with Gasteiger partial charge in [-0.25, -0.2) is 9.67 Å². The van der Waals surface area contributed by atoms with E-state index in [1.807, 2.05) is 0 Å². The van der Waals surface area contributed by atoms with Crippen LogP contribution < -0.4 is 5.32 Å². The third-order valence-corrected chi connectivity index (χ3v) is 3.14. The van der Waals surface area contributed by atoms with Crippen molar-refractivity contribution in [2.24, 2.45) is 0 Å². The highest BCUT2D eigenvalue weighted by atomic mass is 19.4. The largest absolute Gasteiger partial charge is 0.416 e. The molecule has 0 unspecified atom stereocenters. The van der Waals surface area contributed by atoms with E-state index in [1.165, 1.54) is 35.7 Å². The summed E-state index contributed by atoms with van der Waals surface area (Å²) in [4.78, 5) is 19.8. The van der Waals surface area contributed by atoms with Crippen molar-refractivity contribution in [3.63, 3.8) is 0 Å². The number of halogens is 3. The summed E-state index contributed by atoms with van der Waals surface area (Å²) in [6.45, 7) is 0. The van der Waals surface area contributed by atoms with Crippen molar-refractivity contribution in [2.45, 2.75) is 6.18 Å². The smallest absolute Gasteiger partial charge is 0.319 e. The van der Waals surface area contributed by atoms with E-state index >= 15 is 0 Å². The minimum Gasteiger partial charge on any atom is -0.319 e. The fourth-order valence-electron chi connectivity index (χ4n) is 2.03. The van der Waals surface area contributed by atoms with Crippen LogP contribution in [0.15, 0.2) is 55.2 Å². The highest BCUT2D eigenvalue weighted by Crippen LogP contribution is 2.33. The van der Waals surface area contributed by atoms with E-state index in [0.29, 0.717) is 0 Å². The van der Waals surface area contributed by atoms with E-state index in [-0.39, 0.29) is 17.1 Å². The van der Waals surface area contributed by atoms with Crippen LogP contribution in [0.25, 0.3) is 5.69 Å². The molecule has 0 aliphatic carbocycles. The van der Waals surface area contributed by atoms with Crippen LogP contribution in [0.2, 0.25) is 0 Å². The number of carbonyl (C=O) groups is 1. The monoisotopic (exact) mass is 333 g/mol. The number of carbonyl (C=O) groups excluding carboxylic acids is 1. The Morgan fingerprint density at radius 2 is 2.00 bits per heavy atom. The molecule has 0 atom stereocenters. The maximum Gasteiger partial charge on any atom is 0.416 e. The SMILES string of the molecule is O=C(Nc1cc(C(F)(F)F)ccc1-n1cncn1)c1ccccn1. The molecule has 1 N–H and O–H groups in total. The van der Waals surface area contributed by atoms with Gasteiger partial charge < -0.3 is 5.32 Å². The molecule has 2 aromatic heterocycles. The van der Waals surface area contributed by atoms with E-state index in [9.17, 15) is 18.0 Å². The Labute approximate surface area is 134 Å². The van der Waals surface area contributed by atoms with Crippen LogP contribution in [0.5, 0.6) is 0 Å². The van der Waals surface area contributed by atoms with Crippen LogP contribution in [-0.2, 0) is 6.18 Å². The maximum absolute atomic E-state index is 12.9. The fraction of sp³-hybridized carbons (Fsp3) is 0.0667.